The number of halogens is 1. The summed E-state index contributed by atoms with van der Waals surface area (Å²) in [5.41, 5.74) is 3.34. The Hall–Kier alpha value is -5.08. The van der Waals surface area contributed by atoms with E-state index in [0.29, 0.717) is 27.7 Å². The number of ether oxygens (including phenoxy) is 1. The van der Waals surface area contributed by atoms with E-state index in [2.05, 4.69) is 35.6 Å². The first-order chi connectivity index (χ1) is 21.1. The second kappa shape index (κ2) is 14.9. The minimum absolute atomic E-state index is 0.0783. The molecule has 2 unspecified atom stereocenters. The number of urea groups is 1. The summed E-state index contributed by atoms with van der Waals surface area (Å²) >= 11 is 0. The van der Waals surface area contributed by atoms with Crippen LogP contribution in [0.1, 0.15) is 19.4 Å². The van der Waals surface area contributed by atoms with E-state index in [1.165, 1.54) is 6.07 Å². The normalized spacial score (nSPS) is 12.2. The Bertz CT molecular complexity index is 1710. The highest BCUT2D eigenvalue weighted by atomic mass is 32.2. The fraction of sp³-hybridized carbons (Fsp3) is 0.200. The Morgan fingerprint density at radius 2 is 1.75 bits per heavy atom. The zero-order chi connectivity index (χ0) is 31.6. The molecule has 0 saturated heterocycles. The number of rotatable bonds is 10. The minimum atomic E-state index is -2.30. The van der Waals surface area contributed by atoms with Gasteiger partial charge in [0.2, 0.25) is 5.95 Å². The average molecular weight is 622 g/mol. The molecule has 44 heavy (non-hydrogen) atoms. The number of aliphatic hydroxyl groups is 1. The van der Waals surface area contributed by atoms with Gasteiger partial charge in [0, 0.05) is 34.1 Å². The van der Waals surface area contributed by atoms with E-state index in [1.807, 2.05) is 0 Å². The molecule has 0 fully saturated rings. The number of carbonyl (C=O) groups excluding carboxylic acids is 2. The molecule has 0 aliphatic carbocycles. The van der Waals surface area contributed by atoms with E-state index in [1.54, 1.807) is 87.6 Å². The van der Waals surface area contributed by atoms with Crippen molar-refractivity contribution >= 4 is 51.5 Å². The molecule has 4 aromatic rings. The van der Waals surface area contributed by atoms with Crippen LogP contribution in [-0.2, 0) is 15.3 Å². The number of benzene rings is 3. The van der Waals surface area contributed by atoms with Crippen molar-refractivity contribution in [2.24, 2.45) is 4.36 Å². The molecule has 2 atom stereocenters. The lowest BCUT2D eigenvalue weighted by Crippen LogP contribution is -2.21. The van der Waals surface area contributed by atoms with Crippen molar-refractivity contribution in [1.29, 1.82) is 0 Å². The van der Waals surface area contributed by atoms with Crippen LogP contribution in [0.2, 0.25) is 0 Å². The van der Waals surface area contributed by atoms with Crippen molar-refractivity contribution in [3.8, 4) is 11.1 Å². The third-order valence-electron chi connectivity index (χ3n) is 6.05. The van der Waals surface area contributed by atoms with Crippen molar-refractivity contribution in [3.05, 3.63) is 84.3 Å². The van der Waals surface area contributed by atoms with Crippen LogP contribution < -0.4 is 21.3 Å². The quantitative estimate of drug-likeness (QED) is 0.117. The molecule has 5 N–H and O–H groups in total. The third kappa shape index (κ3) is 8.72. The van der Waals surface area contributed by atoms with Gasteiger partial charge in [-0.2, -0.15) is 4.98 Å². The summed E-state index contributed by atoms with van der Waals surface area (Å²) in [7, 11) is -2.30. The standard InChI is InChI=1S/C30H32FN7O5S/c1-4-43-30(41)38-44(42)23-12-10-21(11-13-23)34-28-32-16-24(27(37-28)33-19(3)17-39)20-6-8-22(9-7-20)35-29(40)36-26-15-18(2)5-14-25(26)31/h5-16,19,39,44H,4,17H2,1-3H3,(H2,35,36,40)(H2,32,33,34,37). The molecule has 4 rings (SSSR count). The van der Waals surface area contributed by atoms with E-state index < -0.39 is 28.5 Å². The SMILES string of the molecule is CCOC(=O)N=[SH](=O)c1ccc(Nc2ncc(-c3ccc(NC(=O)Nc4cc(C)ccc4F)cc3)c(NC(C)CO)n2)cc1. The van der Waals surface area contributed by atoms with Gasteiger partial charge in [0.15, 0.2) is 0 Å². The molecule has 230 valence electrons. The molecule has 0 aliphatic heterocycles. The summed E-state index contributed by atoms with van der Waals surface area (Å²) in [6.07, 6.45) is 0.730. The number of anilines is 5. The van der Waals surface area contributed by atoms with Gasteiger partial charge in [0.25, 0.3) is 0 Å². The predicted molar refractivity (Wildman–Crippen MR) is 168 cm³/mol. The molecule has 0 bridgehead atoms. The number of thiol groups is 1. The fourth-order valence-corrected chi connectivity index (χ4v) is 4.61. The third-order valence-corrected chi connectivity index (χ3v) is 7.14. The molecular weight excluding hydrogens is 589 g/mol. The van der Waals surface area contributed by atoms with Gasteiger partial charge in [0.05, 0.1) is 29.5 Å². The Labute approximate surface area is 255 Å². The van der Waals surface area contributed by atoms with Crippen molar-refractivity contribution in [1.82, 2.24) is 9.97 Å². The van der Waals surface area contributed by atoms with Gasteiger partial charge in [-0.1, -0.05) is 18.2 Å². The van der Waals surface area contributed by atoms with Gasteiger partial charge < -0.3 is 31.1 Å². The van der Waals surface area contributed by atoms with Crippen LogP contribution in [-0.4, -0.2) is 50.7 Å². The summed E-state index contributed by atoms with van der Waals surface area (Å²) in [4.78, 5) is 33.3. The van der Waals surface area contributed by atoms with Crippen LogP contribution in [0.3, 0.4) is 0 Å². The molecule has 3 aromatic carbocycles. The first-order valence-electron chi connectivity index (χ1n) is 13.6. The lowest BCUT2D eigenvalue weighted by Gasteiger charge is -2.17. The molecule has 12 nitrogen and oxygen atoms in total. The molecule has 1 heterocycles. The van der Waals surface area contributed by atoms with Gasteiger partial charge in [0.1, 0.15) is 11.6 Å². The maximum Gasteiger partial charge on any atom is 0.441 e. The maximum atomic E-state index is 14.0. The highest BCUT2D eigenvalue weighted by Crippen LogP contribution is 2.29. The van der Waals surface area contributed by atoms with E-state index in [9.17, 15) is 23.3 Å². The lowest BCUT2D eigenvalue weighted by atomic mass is 10.1. The van der Waals surface area contributed by atoms with E-state index >= 15 is 0 Å². The summed E-state index contributed by atoms with van der Waals surface area (Å²) in [5.74, 6) is 0.172. The molecular formula is C30H32FN7O5S. The number of aryl methyl sites for hydroxylation is 1. The number of carbonyl (C=O) groups is 2. The molecule has 0 aliphatic rings. The van der Waals surface area contributed by atoms with Crippen molar-refractivity contribution in [2.75, 3.05) is 34.5 Å². The van der Waals surface area contributed by atoms with Crippen LogP contribution in [0.15, 0.2) is 82.2 Å². The van der Waals surface area contributed by atoms with Crippen molar-refractivity contribution in [2.45, 2.75) is 31.7 Å². The van der Waals surface area contributed by atoms with Gasteiger partial charge in [-0.3, -0.25) is 0 Å². The molecule has 0 spiro atoms. The largest absolute Gasteiger partial charge is 0.448 e. The van der Waals surface area contributed by atoms with Crippen LogP contribution in [0.5, 0.6) is 0 Å². The van der Waals surface area contributed by atoms with Crippen LogP contribution >= 0.6 is 0 Å². The zero-order valence-electron chi connectivity index (χ0n) is 24.2. The van der Waals surface area contributed by atoms with Crippen LogP contribution in [0.25, 0.3) is 11.1 Å². The Balaban J connectivity index is 1.49. The lowest BCUT2D eigenvalue weighted by molar-refractivity contribution is 0.164. The van der Waals surface area contributed by atoms with Crippen LogP contribution in [0.4, 0.5) is 42.8 Å². The zero-order valence-corrected chi connectivity index (χ0v) is 25.1. The Kier molecular flexibility index (Phi) is 10.8. The maximum absolute atomic E-state index is 14.0. The topological polar surface area (TPSA) is 167 Å². The predicted octanol–water partition coefficient (Wildman–Crippen LogP) is 5.95. The first-order valence-corrected chi connectivity index (χ1v) is 14.8. The monoisotopic (exact) mass is 621 g/mol. The van der Waals surface area contributed by atoms with E-state index in [0.717, 1.165) is 11.1 Å². The number of amides is 3. The first kappa shape index (κ1) is 31.8. The highest BCUT2D eigenvalue weighted by molar-refractivity contribution is 7.75. The highest BCUT2D eigenvalue weighted by Gasteiger charge is 2.14. The number of nitrogens with zero attached hydrogens (tertiary/aromatic N) is 3. The Morgan fingerprint density at radius 1 is 1.05 bits per heavy atom. The van der Waals surface area contributed by atoms with Gasteiger partial charge in [-0.25, -0.2) is 23.2 Å². The smallest absolute Gasteiger partial charge is 0.441 e. The molecule has 1 aromatic heterocycles. The summed E-state index contributed by atoms with van der Waals surface area (Å²) in [6.45, 7) is 5.23. The fourth-order valence-electron chi connectivity index (χ4n) is 3.88. The molecule has 3 amide bonds. The number of hydrogen-bond acceptors (Lipinski definition) is 9. The second-order valence-electron chi connectivity index (χ2n) is 9.57. The van der Waals surface area contributed by atoms with E-state index in [4.69, 9.17) is 4.74 Å². The number of hydrogen-bond donors (Lipinski definition) is 6. The molecule has 0 radical (unpaired) electrons. The van der Waals surface area contributed by atoms with Gasteiger partial charge in [-0.05, 0) is 80.4 Å². The number of aromatic nitrogens is 2. The summed E-state index contributed by atoms with van der Waals surface area (Å²) in [6, 6.07) is 16.9. The summed E-state index contributed by atoms with van der Waals surface area (Å²) < 4.78 is 34.5. The van der Waals surface area contributed by atoms with Gasteiger partial charge in [-0.15, -0.1) is 4.36 Å². The minimum Gasteiger partial charge on any atom is -0.448 e. The summed E-state index contributed by atoms with van der Waals surface area (Å²) in [5, 5.41) is 21.1. The molecule has 14 heteroatoms. The number of aliphatic hydroxyl groups excluding tert-OH is 1. The average Bonchev–Trinajstić information content (AvgIpc) is 3.00. The molecule has 0 saturated carbocycles. The Morgan fingerprint density at radius 3 is 2.43 bits per heavy atom. The van der Waals surface area contributed by atoms with Gasteiger partial charge >= 0.3 is 12.1 Å². The second-order valence-corrected chi connectivity index (χ2v) is 10.8. The number of nitrogens with one attached hydrogen (secondary N) is 4. The van der Waals surface area contributed by atoms with E-state index in [-0.39, 0.29) is 30.9 Å². The van der Waals surface area contributed by atoms with Crippen LogP contribution in [0, 0.1) is 12.7 Å². The van der Waals surface area contributed by atoms with Crippen molar-refractivity contribution < 1.29 is 28.0 Å². The van der Waals surface area contributed by atoms with Crippen molar-refractivity contribution in [3.63, 3.8) is 0 Å².